The normalized spacial score (nSPS) is 11.1. The quantitative estimate of drug-likeness (QED) is 0.727. The van der Waals surface area contributed by atoms with E-state index in [2.05, 4.69) is 38.7 Å². The first-order valence-corrected chi connectivity index (χ1v) is 7.37. The van der Waals surface area contributed by atoms with E-state index in [1.54, 1.807) is 6.07 Å². The third kappa shape index (κ3) is 6.08. The maximum Gasteiger partial charge on any atom is 0.137 e. The lowest BCUT2D eigenvalue weighted by Crippen LogP contribution is -2.34. The summed E-state index contributed by atoms with van der Waals surface area (Å²) in [5, 5.41) is 9.02. The number of benzene rings is 1. The van der Waals surface area contributed by atoms with Crippen molar-refractivity contribution >= 4 is 0 Å². The van der Waals surface area contributed by atoms with Gasteiger partial charge in [0.1, 0.15) is 18.4 Å². The van der Waals surface area contributed by atoms with Crippen LogP contribution in [0.4, 0.5) is 0 Å². The van der Waals surface area contributed by atoms with Gasteiger partial charge in [0.15, 0.2) is 0 Å². The molecule has 0 saturated carbocycles. The standard InChI is InChI=1S/C17H26N2O/c1-14(2)12-19(13-15(3)4)9-10-20-17-8-6-5-7-16(17)11-18/h5-8,14-15H,9-10,12-13H2,1-4H3. The minimum atomic E-state index is 0.603. The number of nitrogens with zero attached hydrogens (tertiary/aromatic N) is 2. The largest absolute Gasteiger partial charge is 0.491 e. The average molecular weight is 274 g/mol. The van der Waals surface area contributed by atoms with Crippen LogP contribution in [0.5, 0.6) is 5.75 Å². The molecule has 0 N–H and O–H groups in total. The summed E-state index contributed by atoms with van der Waals surface area (Å²) in [4.78, 5) is 2.43. The van der Waals surface area contributed by atoms with E-state index < -0.39 is 0 Å². The van der Waals surface area contributed by atoms with Gasteiger partial charge in [-0.25, -0.2) is 0 Å². The van der Waals surface area contributed by atoms with Gasteiger partial charge >= 0.3 is 0 Å². The van der Waals surface area contributed by atoms with Gasteiger partial charge in [-0.1, -0.05) is 39.8 Å². The fourth-order valence-electron chi connectivity index (χ4n) is 2.26. The van der Waals surface area contributed by atoms with Crippen LogP contribution in [-0.4, -0.2) is 31.1 Å². The van der Waals surface area contributed by atoms with Gasteiger partial charge < -0.3 is 4.74 Å². The SMILES string of the molecule is CC(C)CN(CCOc1ccccc1C#N)CC(C)C. The first-order valence-electron chi connectivity index (χ1n) is 7.37. The lowest BCUT2D eigenvalue weighted by Gasteiger charge is -2.26. The van der Waals surface area contributed by atoms with Crippen molar-refractivity contribution in [2.75, 3.05) is 26.2 Å². The topological polar surface area (TPSA) is 36.3 Å². The van der Waals surface area contributed by atoms with Crippen LogP contribution in [0.3, 0.4) is 0 Å². The summed E-state index contributed by atoms with van der Waals surface area (Å²) in [7, 11) is 0. The molecular weight excluding hydrogens is 248 g/mol. The predicted octanol–water partition coefficient (Wildman–Crippen LogP) is 3.55. The fraction of sp³-hybridized carbons (Fsp3) is 0.588. The third-order valence-corrected chi connectivity index (χ3v) is 2.92. The fourth-order valence-corrected chi connectivity index (χ4v) is 2.26. The summed E-state index contributed by atoms with van der Waals surface area (Å²) in [6.45, 7) is 12.6. The highest BCUT2D eigenvalue weighted by atomic mass is 16.5. The van der Waals surface area contributed by atoms with Crippen molar-refractivity contribution in [3.05, 3.63) is 29.8 Å². The van der Waals surface area contributed by atoms with Gasteiger partial charge in [0.05, 0.1) is 5.56 Å². The van der Waals surface area contributed by atoms with Crippen LogP contribution >= 0.6 is 0 Å². The number of hydrogen-bond acceptors (Lipinski definition) is 3. The van der Waals surface area contributed by atoms with Gasteiger partial charge in [0.25, 0.3) is 0 Å². The molecule has 0 aromatic heterocycles. The molecule has 0 radical (unpaired) electrons. The molecule has 1 aromatic carbocycles. The van der Waals surface area contributed by atoms with E-state index in [9.17, 15) is 0 Å². The van der Waals surface area contributed by atoms with Crippen molar-refractivity contribution in [2.24, 2.45) is 11.8 Å². The zero-order valence-electron chi connectivity index (χ0n) is 13.1. The lowest BCUT2D eigenvalue weighted by atomic mass is 10.1. The van der Waals surface area contributed by atoms with E-state index in [0.29, 0.717) is 29.8 Å². The van der Waals surface area contributed by atoms with Crippen LogP contribution in [0.1, 0.15) is 33.3 Å². The van der Waals surface area contributed by atoms with E-state index in [-0.39, 0.29) is 0 Å². The van der Waals surface area contributed by atoms with Gasteiger partial charge in [0, 0.05) is 19.6 Å². The van der Waals surface area contributed by atoms with Gasteiger partial charge in [-0.2, -0.15) is 5.26 Å². The molecule has 0 bridgehead atoms. The van der Waals surface area contributed by atoms with Crippen LogP contribution < -0.4 is 4.74 Å². The van der Waals surface area contributed by atoms with E-state index in [1.165, 1.54) is 0 Å². The number of ether oxygens (including phenoxy) is 1. The molecule has 0 aliphatic heterocycles. The third-order valence-electron chi connectivity index (χ3n) is 2.92. The van der Waals surface area contributed by atoms with Gasteiger partial charge in [-0.15, -0.1) is 0 Å². The number of hydrogen-bond donors (Lipinski definition) is 0. The summed E-state index contributed by atoms with van der Waals surface area (Å²) < 4.78 is 5.76. The first-order chi connectivity index (χ1) is 9.52. The van der Waals surface area contributed by atoms with Gasteiger partial charge in [-0.05, 0) is 24.0 Å². The van der Waals surface area contributed by atoms with Gasteiger partial charge in [-0.3, -0.25) is 4.90 Å². The molecule has 0 atom stereocenters. The van der Waals surface area contributed by atoms with Crippen LogP contribution in [0.25, 0.3) is 0 Å². The van der Waals surface area contributed by atoms with Crippen LogP contribution in [0.2, 0.25) is 0 Å². The summed E-state index contributed by atoms with van der Waals surface area (Å²) in [5.41, 5.74) is 0.603. The van der Waals surface area contributed by atoms with Crippen molar-refractivity contribution in [1.29, 1.82) is 5.26 Å². The minimum Gasteiger partial charge on any atom is -0.491 e. The zero-order valence-corrected chi connectivity index (χ0v) is 13.1. The van der Waals surface area contributed by atoms with Gasteiger partial charge in [0.2, 0.25) is 0 Å². The smallest absolute Gasteiger partial charge is 0.137 e. The Balaban J connectivity index is 2.49. The predicted molar refractivity (Wildman–Crippen MR) is 82.8 cm³/mol. The second-order valence-electron chi connectivity index (χ2n) is 6.00. The Morgan fingerprint density at radius 3 is 2.25 bits per heavy atom. The minimum absolute atomic E-state index is 0.603. The Morgan fingerprint density at radius 1 is 1.10 bits per heavy atom. The second kappa shape index (κ2) is 8.60. The number of para-hydroxylation sites is 1. The lowest BCUT2D eigenvalue weighted by molar-refractivity contribution is 0.177. The molecule has 0 aliphatic carbocycles. The molecule has 20 heavy (non-hydrogen) atoms. The first kappa shape index (κ1) is 16.5. The molecule has 3 heteroatoms. The summed E-state index contributed by atoms with van der Waals surface area (Å²) >= 11 is 0. The summed E-state index contributed by atoms with van der Waals surface area (Å²) in [6, 6.07) is 9.56. The van der Waals surface area contributed by atoms with E-state index in [0.717, 1.165) is 19.6 Å². The van der Waals surface area contributed by atoms with Crippen LogP contribution in [0, 0.1) is 23.2 Å². The summed E-state index contributed by atoms with van der Waals surface area (Å²) in [6.07, 6.45) is 0. The van der Waals surface area contributed by atoms with E-state index in [1.807, 2.05) is 18.2 Å². The molecule has 0 saturated heterocycles. The maximum absolute atomic E-state index is 9.02. The maximum atomic E-state index is 9.02. The second-order valence-corrected chi connectivity index (χ2v) is 6.00. The number of nitriles is 1. The van der Waals surface area contributed by atoms with Crippen molar-refractivity contribution < 1.29 is 4.74 Å². The number of rotatable bonds is 8. The zero-order chi connectivity index (χ0) is 15.0. The summed E-state index contributed by atoms with van der Waals surface area (Å²) in [5.74, 6) is 1.99. The molecule has 3 nitrogen and oxygen atoms in total. The Kier molecular flexibility index (Phi) is 7.11. The molecule has 0 heterocycles. The Morgan fingerprint density at radius 2 is 1.70 bits per heavy atom. The average Bonchev–Trinajstić information content (AvgIpc) is 2.37. The van der Waals surface area contributed by atoms with Crippen molar-refractivity contribution in [1.82, 2.24) is 4.90 Å². The van der Waals surface area contributed by atoms with E-state index in [4.69, 9.17) is 10.00 Å². The highest BCUT2D eigenvalue weighted by molar-refractivity contribution is 5.42. The molecule has 1 rings (SSSR count). The van der Waals surface area contributed by atoms with E-state index >= 15 is 0 Å². The Bertz CT molecular complexity index is 425. The Hall–Kier alpha value is -1.53. The monoisotopic (exact) mass is 274 g/mol. The van der Waals surface area contributed by atoms with Crippen LogP contribution in [-0.2, 0) is 0 Å². The van der Waals surface area contributed by atoms with Crippen molar-refractivity contribution in [2.45, 2.75) is 27.7 Å². The molecule has 1 aromatic rings. The molecule has 0 unspecified atom stereocenters. The molecule has 110 valence electrons. The highest BCUT2D eigenvalue weighted by Crippen LogP contribution is 2.16. The van der Waals surface area contributed by atoms with Crippen molar-refractivity contribution in [3.63, 3.8) is 0 Å². The Labute approximate surface area is 123 Å². The molecule has 0 fully saturated rings. The van der Waals surface area contributed by atoms with Crippen LogP contribution in [0.15, 0.2) is 24.3 Å². The molecule has 0 spiro atoms. The molecule has 0 amide bonds. The van der Waals surface area contributed by atoms with Crippen molar-refractivity contribution in [3.8, 4) is 11.8 Å². The molecule has 0 aliphatic rings. The molecular formula is C17H26N2O. The highest BCUT2D eigenvalue weighted by Gasteiger charge is 2.10.